The second-order valence-corrected chi connectivity index (χ2v) is 11.9. The van der Waals surface area contributed by atoms with Gasteiger partial charge in [-0.2, -0.15) is 4.31 Å². The molecule has 12 heteroatoms. The highest BCUT2D eigenvalue weighted by Crippen LogP contribution is 2.34. The molecule has 0 saturated carbocycles. The van der Waals surface area contributed by atoms with Gasteiger partial charge < -0.3 is 15.0 Å². The maximum Gasteiger partial charge on any atom is 0.414 e. The predicted octanol–water partition coefficient (Wildman–Crippen LogP) is 2.80. The number of aromatic nitrogens is 1. The number of thiophene rings is 1. The summed E-state index contributed by atoms with van der Waals surface area (Å²) in [6, 6.07) is 11.5. The first-order valence-electron chi connectivity index (χ1n) is 12.0. The summed E-state index contributed by atoms with van der Waals surface area (Å²) in [5.74, 6) is -0.772. The van der Waals surface area contributed by atoms with Crippen LogP contribution in [0.15, 0.2) is 59.8 Å². The monoisotopic (exact) mass is 542 g/mol. The Hall–Kier alpha value is -3.35. The van der Waals surface area contributed by atoms with Gasteiger partial charge in [0.05, 0.1) is 12.6 Å². The fourth-order valence-electron chi connectivity index (χ4n) is 4.98. The molecule has 3 aromatic rings. The van der Waals surface area contributed by atoms with Gasteiger partial charge in [-0.1, -0.05) is 48.9 Å². The second-order valence-electron chi connectivity index (χ2n) is 9.00. The number of ketones is 1. The summed E-state index contributed by atoms with van der Waals surface area (Å²) in [5, 5.41) is 3.87. The molecule has 1 N–H and O–H groups in total. The van der Waals surface area contributed by atoms with Crippen LogP contribution >= 0.6 is 11.3 Å². The molecule has 5 rings (SSSR count). The largest absolute Gasteiger partial charge is 0.414 e. The highest BCUT2D eigenvalue weighted by Gasteiger charge is 2.54. The lowest BCUT2D eigenvalue weighted by molar-refractivity contribution is -0.138. The van der Waals surface area contributed by atoms with Crippen LogP contribution in [-0.2, 0) is 19.6 Å². The second kappa shape index (κ2) is 10.2. The van der Waals surface area contributed by atoms with Crippen molar-refractivity contribution >= 4 is 49.2 Å². The number of carbonyl (C=O) groups excluding carboxylic acids is 3. The number of likely N-dealkylation sites (tertiary alicyclic amines) is 1. The quantitative estimate of drug-likeness (QED) is 0.487. The molecule has 2 aliphatic heterocycles. The van der Waals surface area contributed by atoms with Gasteiger partial charge in [-0.3, -0.25) is 9.59 Å². The Labute approximate surface area is 218 Å². The molecular formula is C25H26N4O6S2. The average Bonchev–Trinajstić information content (AvgIpc) is 3.58. The van der Waals surface area contributed by atoms with Crippen LogP contribution in [0.25, 0.3) is 10.1 Å². The van der Waals surface area contributed by atoms with Gasteiger partial charge in [-0.25, -0.2) is 18.2 Å². The minimum Gasteiger partial charge on any atom is -0.399 e. The van der Waals surface area contributed by atoms with Crippen molar-refractivity contribution in [2.75, 3.05) is 13.1 Å². The van der Waals surface area contributed by atoms with Gasteiger partial charge in [0.25, 0.3) is 10.0 Å². The van der Waals surface area contributed by atoms with E-state index >= 15 is 0 Å². The number of carbonyl (C=O) groups is 3. The molecule has 2 saturated heterocycles. The van der Waals surface area contributed by atoms with Crippen LogP contribution in [0.5, 0.6) is 5.06 Å². The van der Waals surface area contributed by atoms with E-state index in [-0.39, 0.29) is 23.9 Å². The summed E-state index contributed by atoms with van der Waals surface area (Å²) in [6.07, 6.45) is 1.89. The van der Waals surface area contributed by atoms with Gasteiger partial charge in [0, 0.05) is 23.5 Å². The van der Waals surface area contributed by atoms with Crippen molar-refractivity contribution in [3.8, 4) is 5.06 Å². The van der Waals surface area contributed by atoms with Crippen LogP contribution < -0.4 is 10.1 Å². The van der Waals surface area contributed by atoms with Crippen molar-refractivity contribution in [2.24, 2.45) is 0 Å². The molecule has 2 aromatic heterocycles. The molecule has 194 valence electrons. The molecular weight excluding hydrogens is 516 g/mol. The van der Waals surface area contributed by atoms with Crippen molar-refractivity contribution in [3.63, 3.8) is 0 Å². The molecule has 1 aromatic carbocycles. The van der Waals surface area contributed by atoms with Crippen LogP contribution in [0, 0.1) is 0 Å². The molecule has 2 fully saturated rings. The minimum atomic E-state index is -4.00. The zero-order chi connectivity index (χ0) is 26.2. The molecule has 10 nitrogen and oxygen atoms in total. The van der Waals surface area contributed by atoms with E-state index in [1.54, 1.807) is 18.2 Å². The molecule has 4 heterocycles. The Morgan fingerprint density at radius 2 is 2.00 bits per heavy atom. The van der Waals surface area contributed by atoms with Gasteiger partial charge >= 0.3 is 6.09 Å². The highest BCUT2D eigenvalue weighted by molar-refractivity contribution is 7.89. The van der Waals surface area contributed by atoms with Gasteiger partial charge in [0.15, 0.2) is 15.9 Å². The Balaban J connectivity index is 1.29. The number of sulfonamides is 1. The number of Topliss-reactive ketones (excluding diaryl/α,β-unsaturated/α-hetero) is 1. The van der Waals surface area contributed by atoms with Gasteiger partial charge in [0.2, 0.25) is 5.91 Å². The fraction of sp³-hybridized carbons (Fsp3) is 0.360. The predicted molar refractivity (Wildman–Crippen MR) is 137 cm³/mol. The molecule has 37 heavy (non-hydrogen) atoms. The third kappa shape index (κ3) is 4.83. The minimum absolute atomic E-state index is 0.136. The summed E-state index contributed by atoms with van der Waals surface area (Å²) in [5.41, 5.74) is 0. The maximum atomic E-state index is 13.5. The van der Waals surface area contributed by atoms with E-state index in [1.807, 2.05) is 31.2 Å². The van der Waals surface area contributed by atoms with Crippen LogP contribution in [-0.4, -0.2) is 71.6 Å². The maximum absolute atomic E-state index is 13.5. The van der Waals surface area contributed by atoms with E-state index in [0.717, 1.165) is 14.4 Å². The first-order valence-corrected chi connectivity index (χ1v) is 14.3. The van der Waals surface area contributed by atoms with E-state index in [0.29, 0.717) is 24.3 Å². The zero-order valence-corrected chi connectivity index (χ0v) is 21.7. The molecule has 0 spiro atoms. The number of ether oxygens (including phenoxy) is 1. The molecule has 3 unspecified atom stereocenters. The van der Waals surface area contributed by atoms with Crippen LogP contribution in [0.4, 0.5) is 4.79 Å². The summed E-state index contributed by atoms with van der Waals surface area (Å²) >= 11 is 1.32. The van der Waals surface area contributed by atoms with E-state index < -0.39 is 40.1 Å². The summed E-state index contributed by atoms with van der Waals surface area (Å²) in [6.45, 7) is 1.77. The zero-order valence-electron chi connectivity index (χ0n) is 20.1. The van der Waals surface area contributed by atoms with Gasteiger partial charge in [-0.15, -0.1) is 0 Å². The third-order valence-electron chi connectivity index (χ3n) is 6.64. The number of pyridine rings is 1. The van der Waals surface area contributed by atoms with Gasteiger partial charge in [-0.05, 0) is 36.4 Å². The lowest BCUT2D eigenvalue weighted by Gasteiger charge is -2.27. The first kappa shape index (κ1) is 25.3. The number of nitrogens with one attached hydrogen (secondary N) is 1. The van der Waals surface area contributed by atoms with Gasteiger partial charge in [0.1, 0.15) is 12.1 Å². The average molecular weight is 543 g/mol. The first-order chi connectivity index (χ1) is 17.8. The highest BCUT2D eigenvalue weighted by atomic mass is 32.2. The SMILES string of the molecule is CCCC(NC(=O)Oc1cc2ccccc2s1)C(=O)N1CCC2C1C(=O)CN2S(=O)(=O)c1ccccn1. The Morgan fingerprint density at radius 1 is 1.22 bits per heavy atom. The molecule has 0 radical (unpaired) electrons. The van der Waals surface area contributed by atoms with E-state index in [1.165, 1.54) is 28.5 Å². The van der Waals surface area contributed by atoms with Crippen LogP contribution in [0.1, 0.15) is 26.2 Å². The summed E-state index contributed by atoms with van der Waals surface area (Å²) in [4.78, 5) is 44.5. The smallest absolute Gasteiger partial charge is 0.399 e. The molecule has 0 aliphatic carbocycles. The number of benzene rings is 1. The summed E-state index contributed by atoms with van der Waals surface area (Å²) < 4.78 is 33.9. The Bertz CT molecular complexity index is 1410. The lowest BCUT2D eigenvalue weighted by atomic mass is 10.1. The lowest BCUT2D eigenvalue weighted by Crippen LogP contribution is -2.53. The normalized spacial score (nSPS) is 20.7. The van der Waals surface area contributed by atoms with Crippen molar-refractivity contribution < 1.29 is 27.5 Å². The van der Waals surface area contributed by atoms with Crippen molar-refractivity contribution in [2.45, 2.75) is 49.3 Å². The fourth-order valence-corrected chi connectivity index (χ4v) is 7.45. The van der Waals surface area contributed by atoms with E-state index in [9.17, 15) is 22.8 Å². The number of hydrogen-bond donors (Lipinski definition) is 1. The Kier molecular flexibility index (Phi) is 6.97. The number of rotatable bonds is 7. The van der Waals surface area contributed by atoms with Crippen LogP contribution in [0.2, 0.25) is 0 Å². The van der Waals surface area contributed by atoms with E-state index in [4.69, 9.17) is 4.74 Å². The molecule has 2 amide bonds. The number of hydrogen-bond acceptors (Lipinski definition) is 8. The van der Waals surface area contributed by atoms with E-state index in [2.05, 4.69) is 10.3 Å². The number of fused-ring (bicyclic) bond motifs is 2. The Morgan fingerprint density at radius 3 is 2.73 bits per heavy atom. The standard InChI is InChI=1S/C25H26N4O6S2/c1-2-7-17(27-25(32)35-22-14-16-8-3-4-9-20(16)36-22)24(31)28-13-11-18-23(28)19(30)15-29(18)37(33,34)21-10-5-6-12-26-21/h3-6,8-10,12,14,17-18,23H,2,7,11,13,15H2,1H3,(H,27,32). The summed E-state index contributed by atoms with van der Waals surface area (Å²) in [7, 11) is -4.00. The third-order valence-corrected chi connectivity index (χ3v) is 9.42. The molecule has 2 aliphatic rings. The van der Waals surface area contributed by atoms with Crippen molar-refractivity contribution in [3.05, 3.63) is 54.7 Å². The topological polar surface area (TPSA) is 126 Å². The number of amides is 2. The van der Waals surface area contributed by atoms with Crippen LogP contribution in [0.3, 0.4) is 0 Å². The number of nitrogens with zero attached hydrogens (tertiary/aromatic N) is 3. The molecule has 0 bridgehead atoms. The van der Waals surface area contributed by atoms with Crippen molar-refractivity contribution in [1.82, 2.24) is 19.5 Å². The molecule has 3 atom stereocenters. The van der Waals surface area contributed by atoms with Crippen molar-refractivity contribution in [1.29, 1.82) is 0 Å².